The van der Waals surface area contributed by atoms with Crippen LogP contribution in [0.25, 0.3) is 21.7 Å². The molecular weight excluding hydrogens is 467 g/mol. The Labute approximate surface area is 200 Å². The standard InChI is InChI=1S/C23H24N4O2S.2ClH/c28-30(29,23-7-3-5-18-4-1-2-6-21(18)23)27-22-14-20(9-8-19(22)16-26-27)25-15-17-10-12-24-13-11-17;;/h1-9,14,16-17,24-25H,10-13,15H2;2*1H. The molecule has 0 aliphatic carbocycles. The lowest BCUT2D eigenvalue weighted by atomic mass is 9.98. The van der Waals surface area contributed by atoms with Crippen molar-refractivity contribution >= 4 is 62.2 Å². The molecule has 0 spiro atoms. The average Bonchev–Trinajstić information content (AvgIpc) is 3.22. The van der Waals surface area contributed by atoms with Gasteiger partial charge in [0.2, 0.25) is 0 Å². The Balaban J connectivity index is 0.00000144. The quantitative estimate of drug-likeness (QED) is 0.422. The first-order chi connectivity index (χ1) is 14.6. The molecule has 1 saturated heterocycles. The van der Waals surface area contributed by atoms with Crippen molar-refractivity contribution in [3.05, 3.63) is 66.9 Å². The van der Waals surface area contributed by atoms with E-state index < -0.39 is 10.0 Å². The van der Waals surface area contributed by atoms with Crippen LogP contribution < -0.4 is 10.6 Å². The SMILES string of the molecule is Cl.Cl.O=S(=O)(c1cccc2ccccc12)n1ncc2ccc(NCC3CCNCC3)cc21. The maximum atomic E-state index is 13.5. The summed E-state index contributed by atoms with van der Waals surface area (Å²) >= 11 is 0. The van der Waals surface area contributed by atoms with Gasteiger partial charge < -0.3 is 10.6 Å². The first-order valence-corrected chi connectivity index (χ1v) is 11.7. The van der Waals surface area contributed by atoms with E-state index in [1.54, 1.807) is 18.3 Å². The predicted molar refractivity (Wildman–Crippen MR) is 135 cm³/mol. The summed E-state index contributed by atoms with van der Waals surface area (Å²) in [6.45, 7) is 3.00. The monoisotopic (exact) mass is 492 g/mol. The Morgan fingerprint density at radius 2 is 1.72 bits per heavy atom. The number of benzene rings is 3. The molecular formula is C23H26Cl2N4O2S. The van der Waals surface area contributed by atoms with Gasteiger partial charge >= 0.3 is 0 Å². The van der Waals surface area contributed by atoms with E-state index in [2.05, 4.69) is 15.7 Å². The number of nitrogens with one attached hydrogen (secondary N) is 2. The smallest absolute Gasteiger partial charge is 0.284 e. The molecule has 0 amide bonds. The van der Waals surface area contributed by atoms with E-state index in [-0.39, 0.29) is 29.7 Å². The fraction of sp³-hybridized carbons (Fsp3) is 0.261. The molecule has 0 saturated carbocycles. The van der Waals surface area contributed by atoms with Crippen molar-refractivity contribution in [2.75, 3.05) is 25.0 Å². The molecule has 1 aliphatic rings. The van der Waals surface area contributed by atoms with E-state index >= 15 is 0 Å². The van der Waals surface area contributed by atoms with Crippen LogP contribution in [0.5, 0.6) is 0 Å². The topological polar surface area (TPSA) is 76.0 Å². The summed E-state index contributed by atoms with van der Waals surface area (Å²) in [6, 6.07) is 18.6. The maximum Gasteiger partial charge on any atom is 0.284 e. The third-order valence-corrected chi connectivity index (χ3v) is 7.51. The van der Waals surface area contributed by atoms with Gasteiger partial charge in [0.1, 0.15) is 0 Å². The average molecular weight is 493 g/mol. The Bertz CT molecular complexity index is 1310. The molecule has 2 heterocycles. The zero-order chi connectivity index (χ0) is 20.6. The number of hydrogen-bond acceptors (Lipinski definition) is 5. The third-order valence-electron chi connectivity index (χ3n) is 5.85. The highest BCUT2D eigenvalue weighted by atomic mass is 35.5. The van der Waals surface area contributed by atoms with Gasteiger partial charge in [-0.05, 0) is 61.5 Å². The molecule has 5 rings (SSSR count). The molecule has 9 heteroatoms. The van der Waals surface area contributed by atoms with Crippen LogP contribution in [0, 0.1) is 5.92 Å². The molecule has 1 aliphatic heterocycles. The summed E-state index contributed by atoms with van der Waals surface area (Å²) in [5.41, 5.74) is 1.49. The van der Waals surface area contributed by atoms with E-state index in [1.165, 1.54) is 0 Å². The number of anilines is 1. The number of piperidine rings is 1. The van der Waals surface area contributed by atoms with Gasteiger partial charge in [-0.15, -0.1) is 24.8 Å². The summed E-state index contributed by atoms with van der Waals surface area (Å²) in [5, 5.41) is 13.5. The second-order valence-corrected chi connectivity index (χ2v) is 9.55. The maximum absolute atomic E-state index is 13.5. The van der Waals surface area contributed by atoms with Crippen molar-refractivity contribution in [1.29, 1.82) is 0 Å². The Hall–Kier alpha value is -2.32. The largest absolute Gasteiger partial charge is 0.385 e. The molecule has 32 heavy (non-hydrogen) atoms. The van der Waals surface area contributed by atoms with Crippen LogP contribution in [0.3, 0.4) is 0 Å². The molecule has 1 aromatic heterocycles. The van der Waals surface area contributed by atoms with E-state index in [4.69, 9.17) is 0 Å². The highest BCUT2D eigenvalue weighted by molar-refractivity contribution is 7.90. The van der Waals surface area contributed by atoms with Crippen molar-refractivity contribution in [2.24, 2.45) is 5.92 Å². The number of halogens is 2. The first-order valence-electron chi connectivity index (χ1n) is 10.3. The zero-order valence-corrected chi connectivity index (χ0v) is 19.8. The Morgan fingerprint density at radius 1 is 0.969 bits per heavy atom. The van der Waals surface area contributed by atoms with E-state index in [1.807, 2.05) is 48.5 Å². The van der Waals surface area contributed by atoms with E-state index in [0.29, 0.717) is 16.8 Å². The van der Waals surface area contributed by atoms with Crippen molar-refractivity contribution in [1.82, 2.24) is 14.5 Å². The molecule has 0 bridgehead atoms. The second kappa shape index (κ2) is 10.1. The van der Waals surface area contributed by atoms with E-state index in [9.17, 15) is 8.42 Å². The van der Waals surface area contributed by atoms with Crippen molar-refractivity contribution in [2.45, 2.75) is 17.7 Å². The first kappa shape index (κ1) is 24.3. The van der Waals surface area contributed by atoms with Crippen LogP contribution >= 0.6 is 24.8 Å². The Kier molecular flexibility index (Phi) is 7.67. The minimum absolute atomic E-state index is 0. The molecule has 170 valence electrons. The lowest BCUT2D eigenvalue weighted by molar-refractivity contribution is 0.390. The molecule has 1 fully saturated rings. The van der Waals surface area contributed by atoms with Crippen LogP contribution in [0.15, 0.2) is 71.8 Å². The minimum atomic E-state index is -3.83. The summed E-state index contributed by atoms with van der Waals surface area (Å²) in [6.07, 6.45) is 3.92. The number of fused-ring (bicyclic) bond motifs is 2. The van der Waals surface area contributed by atoms with Gasteiger partial charge in [0.25, 0.3) is 10.0 Å². The van der Waals surface area contributed by atoms with E-state index in [0.717, 1.165) is 53.0 Å². The summed E-state index contributed by atoms with van der Waals surface area (Å²) in [4.78, 5) is 0.263. The predicted octanol–water partition coefficient (Wildman–Crippen LogP) is 4.68. The number of hydrogen-bond donors (Lipinski definition) is 2. The van der Waals surface area contributed by atoms with Crippen molar-refractivity contribution < 1.29 is 8.42 Å². The highest BCUT2D eigenvalue weighted by Crippen LogP contribution is 2.28. The van der Waals surface area contributed by atoms with Gasteiger partial charge in [-0.1, -0.05) is 36.4 Å². The summed E-state index contributed by atoms with van der Waals surface area (Å²) in [5.74, 6) is 0.631. The van der Waals surface area contributed by atoms with Gasteiger partial charge in [0.05, 0.1) is 16.6 Å². The highest BCUT2D eigenvalue weighted by Gasteiger charge is 2.23. The van der Waals surface area contributed by atoms with Crippen molar-refractivity contribution in [3.63, 3.8) is 0 Å². The lowest BCUT2D eigenvalue weighted by Crippen LogP contribution is -2.31. The third kappa shape index (κ3) is 4.57. The molecule has 4 aromatic rings. The van der Waals surface area contributed by atoms with Gasteiger partial charge in [-0.25, -0.2) is 0 Å². The van der Waals surface area contributed by atoms with Gasteiger partial charge in [-0.3, -0.25) is 0 Å². The molecule has 0 radical (unpaired) electrons. The number of nitrogens with zero attached hydrogens (tertiary/aromatic N) is 2. The van der Waals surface area contributed by atoms with Crippen LogP contribution in [-0.4, -0.2) is 37.2 Å². The second-order valence-electron chi connectivity index (χ2n) is 7.82. The van der Waals surface area contributed by atoms with Crippen molar-refractivity contribution in [3.8, 4) is 0 Å². The normalized spacial score (nSPS) is 14.6. The number of rotatable bonds is 5. The lowest BCUT2D eigenvalue weighted by Gasteiger charge is -2.23. The van der Waals surface area contributed by atoms with Crippen LogP contribution in [0.2, 0.25) is 0 Å². The fourth-order valence-electron chi connectivity index (χ4n) is 4.16. The summed E-state index contributed by atoms with van der Waals surface area (Å²) in [7, 11) is -3.83. The van der Waals surface area contributed by atoms with Crippen LogP contribution in [-0.2, 0) is 10.0 Å². The van der Waals surface area contributed by atoms with Gasteiger partial charge in [0.15, 0.2) is 0 Å². The number of aromatic nitrogens is 2. The van der Waals surface area contributed by atoms with Gasteiger partial charge in [-0.2, -0.15) is 17.6 Å². The van der Waals surface area contributed by atoms with Crippen LogP contribution in [0.4, 0.5) is 5.69 Å². The molecule has 0 unspecified atom stereocenters. The Morgan fingerprint density at radius 3 is 2.53 bits per heavy atom. The molecule has 2 N–H and O–H groups in total. The molecule has 3 aromatic carbocycles. The van der Waals surface area contributed by atoms with Crippen LogP contribution in [0.1, 0.15) is 12.8 Å². The summed E-state index contributed by atoms with van der Waals surface area (Å²) < 4.78 is 28.2. The van der Waals surface area contributed by atoms with Gasteiger partial charge in [0, 0.05) is 23.0 Å². The minimum Gasteiger partial charge on any atom is -0.385 e. The molecule has 0 atom stereocenters. The molecule has 6 nitrogen and oxygen atoms in total. The zero-order valence-electron chi connectivity index (χ0n) is 17.4. The fourth-order valence-corrected chi connectivity index (χ4v) is 5.65.